The molecular formula is C18H18ClFN4O3. The lowest BCUT2D eigenvalue weighted by Gasteiger charge is -2.37. The number of ether oxygens (including phenoxy) is 1. The first-order valence-corrected chi connectivity index (χ1v) is 8.60. The standard InChI is InChI=1S/C18H18ClFN4O3/c1-27-14-4-2-3-13(20)15(14)16(21)23-5-7-24(8-6-23)17-12(19)9-11(10-22-17)18(25)26/h2-4,9-10,21H,5-8H2,1H3,(H,25,26). The van der Waals surface area contributed by atoms with E-state index in [4.69, 9.17) is 26.9 Å². The number of rotatable bonds is 4. The van der Waals surface area contributed by atoms with E-state index < -0.39 is 11.8 Å². The number of hydrogen-bond acceptors (Lipinski definition) is 5. The highest BCUT2D eigenvalue weighted by atomic mass is 35.5. The predicted molar refractivity (Wildman–Crippen MR) is 99.8 cm³/mol. The largest absolute Gasteiger partial charge is 0.496 e. The zero-order valence-electron chi connectivity index (χ0n) is 14.6. The number of hydrogen-bond donors (Lipinski definition) is 2. The molecule has 0 unspecified atom stereocenters. The molecule has 0 saturated carbocycles. The molecule has 2 heterocycles. The molecule has 1 aliphatic rings. The molecule has 1 saturated heterocycles. The Kier molecular flexibility index (Phi) is 5.46. The van der Waals surface area contributed by atoms with Crippen molar-refractivity contribution in [3.63, 3.8) is 0 Å². The van der Waals surface area contributed by atoms with Gasteiger partial charge in [-0.2, -0.15) is 0 Å². The number of pyridine rings is 1. The van der Waals surface area contributed by atoms with Gasteiger partial charge >= 0.3 is 5.97 Å². The van der Waals surface area contributed by atoms with Crippen LogP contribution in [0.2, 0.25) is 5.02 Å². The number of nitrogens with zero attached hydrogens (tertiary/aromatic N) is 3. The molecule has 0 atom stereocenters. The van der Waals surface area contributed by atoms with Gasteiger partial charge in [0.15, 0.2) is 0 Å². The van der Waals surface area contributed by atoms with Crippen LogP contribution in [0.3, 0.4) is 0 Å². The molecule has 0 aliphatic carbocycles. The van der Waals surface area contributed by atoms with E-state index in [9.17, 15) is 9.18 Å². The molecule has 142 valence electrons. The maximum Gasteiger partial charge on any atom is 0.337 e. The number of aromatic nitrogens is 1. The van der Waals surface area contributed by atoms with Gasteiger partial charge in [0.2, 0.25) is 0 Å². The number of nitrogens with one attached hydrogen (secondary N) is 1. The number of benzene rings is 1. The smallest absolute Gasteiger partial charge is 0.337 e. The molecule has 27 heavy (non-hydrogen) atoms. The van der Waals surface area contributed by atoms with E-state index in [2.05, 4.69) is 4.98 Å². The van der Waals surface area contributed by atoms with Gasteiger partial charge in [0, 0.05) is 32.4 Å². The van der Waals surface area contributed by atoms with Crippen LogP contribution in [0.25, 0.3) is 0 Å². The highest BCUT2D eigenvalue weighted by Crippen LogP contribution is 2.27. The minimum Gasteiger partial charge on any atom is -0.496 e. The Bertz CT molecular complexity index is 885. The number of halogens is 2. The summed E-state index contributed by atoms with van der Waals surface area (Å²) in [5, 5.41) is 17.6. The van der Waals surface area contributed by atoms with E-state index in [0.717, 1.165) is 0 Å². The molecule has 2 N–H and O–H groups in total. The van der Waals surface area contributed by atoms with Crippen LogP contribution in [0.1, 0.15) is 15.9 Å². The van der Waals surface area contributed by atoms with E-state index in [-0.39, 0.29) is 22.0 Å². The molecule has 0 radical (unpaired) electrons. The van der Waals surface area contributed by atoms with Crippen molar-refractivity contribution in [2.75, 3.05) is 38.2 Å². The second kappa shape index (κ2) is 7.79. The number of carbonyl (C=O) groups is 1. The number of piperazine rings is 1. The van der Waals surface area contributed by atoms with Crippen LogP contribution < -0.4 is 9.64 Å². The van der Waals surface area contributed by atoms with Crippen molar-refractivity contribution in [2.45, 2.75) is 0 Å². The topological polar surface area (TPSA) is 89.8 Å². The number of anilines is 1. The third-order valence-corrected chi connectivity index (χ3v) is 4.67. The van der Waals surface area contributed by atoms with E-state index in [1.54, 1.807) is 11.0 Å². The molecule has 1 aromatic heterocycles. The quantitative estimate of drug-likeness (QED) is 0.614. The Morgan fingerprint density at radius 2 is 2.04 bits per heavy atom. The summed E-state index contributed by atoms with van der Waals surface area (Å²) < 4.78 is 19.4. The van der Waals surface area contributed by atoms with Gasteiger partial charge in [0.1, 0.15) is 23.2 Å². The SMILES string of the molecule is COc1cccc(F)c1C(=N)N1CCN(c2ncc(C(=O)O)cc2Cl)CC1. The van der Waals surface area contributed by atoms with Gasteiger partial charge in [-0.05, 0) is 18.2 Å². The van der Waals surface area contributed by atoms with Crippen LogP contribution >= 0.6 is 11.6 Å². The van der Waals surface area contributed by atoms with Gasteiger partial charge in [-0.25, -0.2) is 14.2 Å². The first-order chi connectivity index (χ1) is 12.9. The van der Waals surface area contributed by atoms with Crippen LogP contribution in [0.4, 0.5) is 10.2 Å². The fraction of sp³-hybridized carbons (Fsp3) is 0.278. The first kappa shape index (κ1) is 18.9. The zero-order chi connectivity index (χ0) is 19.6. The summed E-state index contributed by atoms with van der Waals surface area (Å²) in [4.78, 5) is 18.8. The molecule has 2 aromatic rings. The van der Waals surface area contributed by atoms with Crippen LogP contribution in [0, 0.1) is 11.2 Å². The summed E-state index contributed by atoms with van der Waals surface area (Å²) in [5.41, 5.74) is 0.159. The molecule has 7 nitrogen and oxygen atoms in total. The van der Waals surface area contributed by atoms with Crippen molar-refractivity contribution < 1.29 is 19.0 Å². The minimum absolute atomic E-state index is 0.0239. The fourth-order valence-electron chi connectivity index (χ4n) is 2.98. The summed E-state index contributed by atoms with van der Waals surface area (Å²) in [6, 6.07) is 5.83. The van der Waals surface area contributed by atoms with Crippen molar-refractivity contribution >= 4 is 29.2 Å². The highest BCUT2D eigenvalue weighted by Gasteiger charge is 2.25. The zero-order valence-corrected chi connectivity index (χ0v) is 15.3. The molecule has 9 heteroatoms. The van der Waals surface area contributed by atoms with Gasteiger partial charge in [-0.15, -0.1) is 0 Å². The predicted octanol–water partition coefficient (Wildman–Crippen LogP) is 2.73. The van der Waals surface area contributed by atoms with E-state index >= 15 is 0 Å². The second-order valence-electron chi connectivity index (χ2n) is 5.97. The molecule has 0 bridgehead atoms. The van der Waals surface area contributed by atoms with Gasteiger partial charge in [0.25, 0.3) is 0 Å². The van der Waals surface area contributed by atoms with E-state index in [0.29, 0.717) is 37.7 Å². The molecule has 1 aliphatic heterocycles. The fourth-order valence-corrected chi connectivity index (χ4v) is 3.27. The van der Waals surface area contributed by atoms with Crippen LogP contribution in [0.15, 0.2) is 30.5 Å². The number of amidine groups is 1. The van der Waals surface area contributed by atoms with Crippen molar-refractivity contribution in [1.29, 1.82) is 5.41 Å². The summed E-state index contributed by atoms with van der Waals surface area (Å²) >= 11 is 6.17. The normalized spacial score (nSPS) is 14.2. The van der Waals surface area contributed by atoms with Crippen molar-refractivity contribution in [3.05, 3.63) is 52.4 Å². The summed E-state index contributed by atoms with van der Waals surface area (Å²) in [6.07, 6.45) is 1.27. The third-order valence-electron chi connectivity index (χ3n) is 4.40. The maximum absolute atomic E-state index is 14.2. The number of carboxylic acids is 1. The first-order valence-electron chi connectivity index (χ1n) is 8.22. The Labute approximate surface area is 160 Å². The van der Waals surface area contributed by atoms with E-state index in [1.165, 1.54) is 31.5 Å². The number of methoxy groups -OCH3 is 1. The van der Waals surface area contributed by atoms with Crippen LogP contribution in [-0.2, 0) is 0 Å². The lowest BCUT2D eigenvalue weighted by atomic mass is 10.1. The molecular weight excluding hydrogens is 375 g/mol. The van der Waals surface area contributed by atoms with Crippen LogP contribution in [-0.4, -0.2) is 60.1 Å². The molecule has 1 fully saturated rings. The lowest BCUT2D eigenvalue weighted by molar-refractivity contribution is 0.0696. The Hall–Kier alpha value is -2.87. The van der Waals surface area contributed by atoms with Crippen molar-refractivity contribution in [3.8, 4) is 5.75 Å². The maximum atomic E-state index is 14.2. The highest BCUT2D eigenvalue weighted by molar-refractivity contribution is 6.33. The van der Waals surface area contributed by atoms with Gasteiger partial charge in [-0.1, -0.05) is 17.7 Å². The van der Waals surface area contributed by atoms with E-state index in [1.807, 2.05) is 4.90 Å². The third kappa shape index (κ3) is 3.80. The van der Waals surface area contributed by atoms with Gasteiger partial charge in [-0.3, -0.25) is 5.41 Å². The van der Waals surface area contributed by atoms with Gasteiger partial charge in [0.05, 0.1) is 23.3 Å². The number of aromatic carboxylic acids is 1. The Morgan fingerprint density at radius 1 is 1.33 bits per heavy atom. The molecule has 0 spiro atoms. The Morgan fingerprint density at radius 3 is 2.63 bits per heavy atom. The minimum atomic E-state index is -1.09. The average molecular weight is 393 g/mol. The van der Waals surface area contributed by atoms with Gasteiger partial charge < -0.3 is 19.6 Å². The lowest BCUT2D eigenvalue weighted by Crippen LogP contribution is -2.49. The second-order valence-corrected chi connectivity index (χ2v) is 6.38. The van der Waals surface area contributed by atoms with Crippen molar-refractivity contribution in [1.82, 2.24) is 9.88 Å². The number of carboxylic acid groups (broad SMARTS) is 1. The summed E-state index contributed by atoms with van der Waals surface area (Å²) in [5.74, 6) is -0.721. The summed E-state index contributed by atoms with van der Waals surface area (Å²) in [6.45, 7) is 1.96. The monoisotopic (exact) mass is 392 g/mol. The molecule has 0 amide bonds. The van der Waals surface area contributed by atoms with Crippen LogP contribution in [0.5, 0.6) is 5.75 Å². The molecule has 1 aromatic carbocycles. The summed E-state index contributed by atoms with van der Waals surface area (Å²) in [7, 11) is 1.44. The van der Waals surface area contributed by atoms with Crippen molar-refractivity contribution in [2.24, 2.45) is 0 Å². The molecule has 3 rings (SSSR count). The average Bonchev–Trinajstić information content (AvgIpc) is 2.67. The Balaban J connectivity index is 1.73.